The summed E-state index contributed by atoms with van der Waals surface area (Å²) in [6.07, 6.45) is 2.71. The maximum atomic E-state index is 5.45. The molecule has 2 heterocycles. The van der Waals surface area contributed by atoms with Gasteiger partial charge in [0.15, 0.2) is 5.82 Å². The first kappa shape index (κ1) is 17.4. The van der Waals surface area contributed by atoms with E-state index >= 15 is 0 Å². The SMILES string of the molecule is CC(C)CCNc1nncc(Nc2ccccc2N2CCOCC2)n1. The standard InChI is InChI=1S/C18H26N6O/c1-14(2)7-8-19-18-22-17(13-20-23-18)21-15-5-3-4-6-16(15)24-9-11-25-12-10-24/h3-6,13-14H,7-12H2,1-2H3,(H2,19,21,22,23). The van der Waals surface area contributed by atoms with Crippen molar-refractivity contribution in [3.63, 3.8) is 0 Å². The number of para-hydroxylation sites is 2. The molecule has 1 aromatic heterocycles. The molecule has 0 radical (unpaired) electrons. The van der Waals surface area contributed by atoms with Crippen LogP contribution in [0.5, 0.6) is 0 Å². The van der Waals surface area contributed by atoms with Crippen molar-refractivity contribution >= 4 is 23.1 Å². The molecule has 0 saturated carbocycles. The fourth-order valence-electron chi connectivity index (χ4n) is 2.71. The van der Waals surface area contributed by atoms with Gasteiger partial charge in [-0.05, 0) is 24.5 Å². The predicted octanol–water partition coefficient (Wildman–Crippen LogP) is 2.91. The fourth-order valence-corrected chi connectivity index (χ4v) is 2.71. The zero-order chi connectivity index (χ0) is 17.5. The Hall–Kier alpha value is -2.41. The smallest absolute Gasteiger partial charge is 0.244 e. The second-order valence-corrected chi connectivity index (χ2v) is 6.52. The van der Waals surface area contributed by atoms with Crippen molar-refractivity contribution < 1.29 is 4.74 Å². The maximum absolute atomic E-state index is 5.45. The minimum atomic E-state index is 0.550. The second-order valence-electron chi connectivity index (χ2n) is 6.52. The van der Waals surface area contributed by atoms with Gasteiger partial charge in [-0.1, -0.05) is 26.0 Å². The van der Waals surface area contributed by atoms with Crippen LogP contribution in [-0.2, 0) is 4.74 Å². The quantitative estimate of drug-likeness (QED) is 0.801. The van der Waals surface area contributed by atoms with E-state index in [0.29, 0.717) is 17.7 Å². The Morgan fingerprint density at radius 2 is 2.00 bits per heavy atom. The molecule has 1 aromatic carbocycles. The van der Waals surface area contributed by atoms with Gasteiger partial charge < -0.3 is 20.3 Å². The molecule has 1 aliphatic rings. The molecule has 0 unspecified atom stereocenters. The van der Waals surface area contributed by atoms with Crippen molar-refractivity contribution in [2.45, 2.75) is 20.3 Å². The number of hydrogen-bond donors (Lipinski definition) is 2. The van der Waals surface area contributed by atoms with E-state index in [2.05, 4.69) is 56.7 Å². The topological polar surface area (TPSA) is 75.2 Å². The molecule has 1 aliphatic heterocycles. The van der Waals surface area contributed by atoms with Crippen LogP contribution in [0.3, 0.4) is 0 Å². The van der Waals surface area contributed by atoms with Gasteiger partial charge >= 0.3 is 0 Å². The van der Waals surface area contributed by atoms with Gasteiger partial charge in [-0.3, -0.25) is 0 Å². The minimum Gasteiger partial charge on any atom is -0.378 e. The summed E-state index contributed by atoms with van der Waals surface area (Å²) in [6.45, 7) is 8.53. The molecule has 0 amide bonds. The molecule has 2 aromatic rings. The lowest BCUT2D eigenvalue weighted by Crippen LogP contribution is -2.36. The number of nitrogens with zero attached hydrogens (tertiary/aromatic N) is 4. The van der Waals surface area contributed by atoms with Crippen LogP contribution in [0.2, 0.25) is 0 Å². The lowest BCUT2D eigenvalue weighted by molar-refractivity contribution is 0.123. The molecular weight excluding hydrogens is 316 g/mol. The van der Waals surface area contributed by atoms with E-state index in [4.69, 9.17) is 4.74 Å². The molecule has 2 N–H and O–H groups in total. The highest BCUT2D eigenvalue weighted by atomic mass is 16.5. The Bertz CT molecular complexity index is 672. The van der Waals surface area contributed by atoms with Crippen LogP contribution in [0, 0.1) is 5.92 Å². The largest absolute Gasteiger partial charge is 0.378 e. The van der Waals surface area contributed by atoms with Crippen LogP contribution in [0.25, 0.3) is 0 Å². The summed E-state index contributed by atoms with van der Waals surface area (Å²) in [5.74, 6) is 1.87. The molecule has 7 nitrogen and oxygen atoms in total. The van der Waals surface area contributed by atoms with E-state index in [9.17, 15) is 0 Å². The summed E-state index contributed by atoms with van der Waals surface area (Å²) in [7, 11) is 0. The van der Waals surface area contributed by atoms with Crippen molar-refractivity contribution in [1.29, 1.82) is 0 Å². The third-order valence-electron chi connectivity index (χ3n) is 4.08. The molecule has 0 atom stereocenters. The third kappa shape index (κ3) is 5.03. The van der Waals surface area contributed by atoms with Gasteiger partial charge in [0.2, 0.25) is 5.95 Å². The van der Waals surface area contributed by atoms with Crippen molar-refractivity contribution in [3.05, 3.63) is 30.5 Å². The summed E-state index contributed by atoms with van der Waals surface area (Å²) in [5, 5.41) is 14.7. The summed E-state index contributed by atoms with van der Waals surface area (Å²) < 4.78 is 5.45. The van der Waals surface area contributed by atoms with Gasteiger partial charge in [-0.15, -0.1) is 5.10 Å². The first-order valence-electron chi connectivity index (χ1n) is 8.84. The van der Waals surface area contributed by atoms with Crippen LogP contribution in [0.1, 0.15) is 20.3 Å². The molecule has 0 aliphatic carbocycles. The number of rotatable bonds is 7. The summed E-state index contributed by atoms with van der Waals surface area (Å²) in [4.78, 5) is 6.83. The third-order valence-corrected chi connectivity index (χ3v) is 4.08. The molecule has 7 heteroatoms. The van der Waals surface area contributed by atoms with E-state index in [0.717, 1.165) is 50.6 Å². The van der Waals surface area contributed by atoms with Gasteiger partial charge in [0.25, 0.3) is 0 Å². The van der Waals surface area contributed by atoms with E-state index in [1.165, 1.54) is 0 Å². The highest BCUT2D eigenvalue weighted by molar-refractivity contribution is 5.74. The van der Waals surface area contributed by atoms with Crippen molar-refractivity contribution in [2.24, 2.45) is 5.92 Å². The van der Waals surface area contributed by atoms with Gasteiger partial charge in [0.05, 0.1) is 30.8 Å². The fraction of sp³-hybridized carbons (Fsp3) is 0.500. The molecule has 0 spiro atoms. The van der Waals surface area contributed by atoms with E-state index in [1.54, 1.807) is 6.20 Å². The molecule has 1 saturated heterocycles. The Kier molecular flexibility index (Phi) is 6.00. The molecular formula is C18H26N6O. The Morgan fingerprint density at radius 3 is 2.80 bits per heavy atom. The number of aromatic nitrogens is 3. The number of benzene rings is 1. The lowest BCUT2D eigenvalue weighted by atomic mass is 10.1. The Balaban J connectivity index is 1.70. The molecule has 134 valence electrons. The van der Waals surface area contributed by atoms with E-state index < -0.39 is 0 Å². The van der Waals surface area contributed by atoms with Crippen LogP contribution in [-0.4, -0.2) is 48.0 Å². The monoisotopic (exact) mass is 342 g/mol. The average molecular weight is 342 g/mol. The maximum Gasteiger partial charge on any atom is 0.244 e. The number of ether oxygens (including phenoxy) is 1. The first-order valence-corrected chi connectivity index (χ1v) is 8.84. The second kappa shape index (κ2) is 8.62. The summed E-state index contributed by atoms with van der Waals surface area (Å²) in [5.41, 5.74) is 2.16. The zero-order valence-electron chi connectivity index (χ0n) is 14.9. The van der Waals surface area contributed by atoms with Crippen LogP contribution in [0.15, 0.2) is 30.5 Å². The number of nitrogens with one attached hydrogen (secondary N) is 2. The normalized spacial score (nSPS) is 14.6. The van der Waals surface area contributed by atoms with Crippen LogP contribution < -0.4 is 15.5 Å². The number of morpholine rings is 1. The van der Waals surface area contributed by atoms with Crippen LogP contribution >= 0.6 is 0 Å². The summed E-state index contributed by atoms with van der Waals surface area (Å²) in [6, 6.07) is 8.23. The average Bonchev–Trinajstić information content (AvgIpc) is 2.63. The van der Waals surface area contributed by atoms with E-state index in [1.807, 2.05) is 12.1 Å². The van der Waals surface area contributed by atoms with Crippen molar-refractivity contribution in [3.8, 4) is 0 Å². The molecule has 25 heavy (non-hydrogen) atoms. The summed E-state index contributed by atoms with van der Waals surface area (Å²) >= 11 is 0. The first-order chi connectivity index (χ1) is 12.2. The minimum absolute atomic E-state index is 0.550. The molecule has 3 rings (SSSR count). The Labute approximate surface area is 148 Å². The highest BCUT2D eigenvalue weighted by Crippen LogP contribution is 2.28. The lowest BCUT2D eigenvalue weighted by Gasteiger charge is -2.30. The van der Waals surface area contributed by atoms with Gasteiger partial charge in [0, 0.05) is 19.6 Å². The number of anilines is 4. The Morgan fingerprint density at radius 1 is 1.20 bits per heavy atom. The highest BCUT2D eigenvalue weighted by Gasteiger charge is 2.15. The van der Waals surface area contributed by atoms with Crippen LogP contribution in [0.4, 0.5) is 23.1 Å². The van der Waals surface area contributed by atoms with E-state index in [-0.39, 0.29) is 0 Å². The molecule has 0 bridgehead atoms. The predicted molar refractivity (Wildman–Crippen MR) is 101 cm³/mol. The zero-order valence-corrected chi connectivity index (χ0v) is 14.9. The van der Waals surface area contributed by atoms with Gasteiger partial charge in [-0.25, -0.2) is 0 Å². The van der Waals surface area contributed by atoms with Crippen molar-refractivity contribution in [1.82, 2.24) is 15.2 Å². The number of hydrogen-bond acceptors (Lipinski definition) is 7. The van der Waals surface area contributed by atoms with Gasteiger partial charge in [0.1, 0.15) is 0 Å². The molecule has 1 fully saturated rings. The van der Waals surface area contributed by atoms with Gasteiger partial charge in [-0.2, -0.15) is 10.1 Å². The van der Waals surface area contributed by atoms with Crippen molar-refractivity contribution in [2.75, 3.05) is 48.4 Å².